The van der Waals surface area contributed by atoms with Crippen LogP contribution < -0.4 is 5.32 Å². The second-order valence-corrected chi connectivity index (χ2v) is 6.79. The third kappa shape index (κ3) is 4.31. The van der Waals surface area contributed by atoms with Gasteiger partial charge in [0.15, 0.2) is 0 Å². The molecule has 0 spiro atoms. The molecular weight excluding hydrogens is 314 g/mol. The van der Waals surface area contributed by atoms with Crippen LogP contribution in [0.2, 0.25) is 0 Å². The number of hydrogen-bond acceptors (Lipinski definition) is 2. The minimum Gasteiger partial charge on any atom is -0.383 e. The lowest BCUT2D eigenvalue weighted by Gasteiger charge is -2.34. The fourth-order valence-electron chi connectivity index (χ4n) is 3.29. The highest BCUT2D eigenvalue weighted by atomic mass is 79.9. The summed E-state index contributed by atoms with van der Waals surface area (Å²) in [6.07, 6.45) is 8.05. The highest BCUT2D eigenvalue weighted by Crippen LogP contribution is 2.38. The molecule has 2 rings (SSSR count). The Bertz CT molecular complexity index is 400. The SMILES string of the molecule is COCCNCC1(c2cccc(Br)c2)CCCCCC1. The van der Waals surface area contributed by atoms with Gasteiger partial charge in [-0.25, -0.2) is 0 Å². The van der Waals surface area contributed by atoms with E-state index in [-0.39, 0.29) is 0 Å². The number of nitrogens with one attached hydrogen (secondary N) is 1. The maximum atomic E-state index is 5.14. The van der Waals surface area contributed by atoms with Gasteiger partial charge in [0, 0.05) is 30.1 Å². The topological polar surface area (TPSA) is 21.3 Å². The maximum absolute atomic E-state index is 5.14. The first kappa shape index (κ1) is 16.0. The van der Waals surface area contributed by atoms with Crippen molar-refractivity contribution in [2.24, 2.45) is 0 Å². The lowest BCUT2D eigenvalue weighted by atomic mass is 9.74. The highest BCUT2D eigenvalue weighted by Gasteiger charge is 2.32. The Morgan fingerprint density at radius 1 is 1.20 bits per heavy atom. The predicted octanol–water partition coefficient (Wildman–Crippen LogP) is 4.28. The average Bonchev–Trinajstić information content (AvgIpc) is 2.70. The normalized spacial score (nSPS) is 18.7. The van der Waals surface area contributed by atoms with Gasteiger partial charge in [0.05, 0.1) is 6.61 Å². The Morgan fingerprint density at radius 2 is 1.95 bits per heavy atom. The Morgan fingerprint density at radius 3 is 2.60 bits per heavy atom. The van der Waals surface area contributed by atoms with Crippen molar-refractivity contribution in [3.8, 4) is 0 Å². The molecule has 0 atom stereocenters. The second-order valence-electron chi connectivity index (χ2n) is 5.87. The van der Waals surface area contributed by atoms with Crippen molar-refractivity contribution in [1.82, 2.24) is 5.32 Å². The lowest BCUT2D eigenvalue weighted by Crippen LogP contribution is -2.39. The van der Waals surface area contributed by atoms with Crippen LogP contribution in [0, 0.1) is 0 Å². The molecule has 0 amide bonds. The van der Waals surface area contributed by atoms with Crippen molar-refractivity contribution < 1.29 is 4.74 Å². The van der Waals surface area contributed by atoms with E-state index in [1.165, 1.54) is 48.6 Å². The van der Waals surface area contributed by atoms with Gasteiger partial charge in [0.25, 0.3) is 0 Å². The van der Waals surface area contributed by atoms with Gasteiger partial charge in [-0.3, -0.25) is 0 Å². The standard InChI is InChI=1S/C17H26BrNO/c1-20-12-11-19-14-17(9-4-2-3-5-10-17)15-7-6-8-16(18)13-15/h6-8,13,19H,2-5,9-12,14H2,1H3. The molecule has 0 aliphatic heterocycles. The molecule has 3 heteroatoms. The summed E-state index contributed by atoms with van der Waals surface area (Å²) in [6.45, 7) is 2.79. The van der Waals surface area contributed by atoms with Gasteiger partial charge in [-0.15, -0.1) is 0 Å². The fourth-order valence-corrected chi connectivity index (χ4v) is 3.69. The Labute approximate surface area is 131 Å². The van der Waals surface area contributed by atoms with E-state index in [2.05, 4.69) is 45.5 Å². The van der Waals surface area contributed by atoms with E-state index >= 15 is 0 Å². The van der Waals surface area contributed by atoms with Gasteiger partial charge in [0.1, 0.15) is 0 Å². The first-order valence-electron chi connectivity index (χ1n) is 7.73. The predicted molar refractivity (Wildman–Crippen MR) is 88.3 cm³/mol. The molecular formula is C17H26BrNO. The quantitative estimate of drug-likeness (QED) is 0.617. The van der Waals surface area contributed by atoms with Crippen LogP contribution in [0.25, 0.3) is 0 Å². The molecule has 0 bridgehead atoms. The van der Waals surface area contributed by atoms with Crippen LogP contribution in [-0.2, 0) is 10.2 Å². The molecule has 1 aliphatic carbocycles. The number of methoxy groups -OCH3 is 1. The summed E-state index contributed by atoms with van der Waals surface area (Å²) < 4.78 is 6.33. The summed E-state index contributed by atoms with van der Waals surface area (Å²) in [5, 5.41) is 3.60. The van der Waals surface area contributed by atoms with E-state index < -0.39 is 0 Å². The third-order valence-corrected chi connectivity index (χ3v) is 4.94. The molecule has 1 aliphatic rings. The Kier molecular flexibility index (Phi) is 6.53. The molecule has 112 valence electrons. The smallest absolute Gasteiger partial charge is 0.0587 e. The minimum absolute atomic E-state index is 0.300. The van der Waals surface area contributed by atoms with E-state index in [9.17, 15) is 0 Å². The summed E-state index contributed by atoms with van der Waals surface area (Å²) in [7, 11) is 1.76. The second kappa shape index (κ2) is 8.16. The first-order valence-corrected chi connectivity index (χ1v) is 8.52. The summed E-state index contributed by atoms with van der Waals surface area (Å²) >= 11 is 3.63. The van der Waals surface area contributed by atoms with E-state index in [0.717, 1.165) is 19.7 Å². The number of benzene rings is 1. The fraction of sp³-hybridized carbons (Fsp3) is 0.647. The minimum atomic E-state index is 0.300. The monoisotopic (exact) mass is 339 g/mol. The first-order chi connectivity index (χ1) is 9.77. The van der Waals surface area contributed by atoms with Crippen molar-refractivity contribution in [2.75, 3.05) is 26.8 Å². The largest absolute Gasteiger partial charge is 0.383 e. The van der Waals surface area contributed by atoms with Crippen LogP contribution in [0.3, 0.4) is 0 Å². The lowest BCUT2D eigenvalue weighted by molar-refractivity contribution is 0.195. The molecule has 1 aromatic carbocycles. The number of hydrogen-bond donors (Lipinski definition) is 1. The molecule has 0 saturated heterocycles. The average molecular weight is 340 g/mol. The van der Waals surface area contributed by atoms with Crippen LogP contribution in [0.1, 0.15) is 44.1 Å². The van der Waals surface area contributed by atoms with E-state index in [4.69, 9.17) is 4.74 Å². The summed E-state index contributed by atoms with van der Waals surface area (Å²) in [5.41, 5.74) is 1.78. The van der Waals surface area contributed by atoms with Crippen molar-refractivity contribution in [2.45, 2.75) is 43.9 Å². The summed E-state index contributed by atoms with van der Waals surface area (Å²) in [4.78, 5) is 0. The number of halogens is 1. The molecule has 0 heterocycles. The summed E-state index contributed by atoms with van der Waals surface area (Å²) in [6, 6.07) is 8.89. The molecule has 0 unspecified atom stereocenters. The van der Waals surface area contributed by atoms with Crippen LogP contribution in [0.5, 0.6) is 0 Å². The van der Waals surface area contributed by atoms with Crippen molar-refractivity contribution >= 4 is 15.9 Å². The van der Waals surface area contributed by atoms with Crippen LogP contribution in [0.15, 0.2) is 28.7 Å². The van der Waals surface area contributed by atoms with E-state index in [0.29, 0.717) is 5.41 Å². The Balaban J connectivity index is 2.14. The summed E-state index contributed by atoms with van der Waals surface area (Å²) in [5.74, 6) is 0. The van der Waals surface area contributed by atoms with Gasteiger partial charge in [-0.2, -0.15) is 0 Å². The van der Waals surface area contributed by atoms with Crippen LogP contribution in [-0.4, -0.2) is 26.8 Å². The maximum Gasteiger partial charge on any atom is 0.0587 e. The zero-order valence-electron chi connectivity index (χ0n) is 12.5. The molecule has 20 heavy (non-hydrogen) atoms. The molecule has 1 saturated carbocycles. The molecule has 0 radical (unpaired) electrons. The molecule has 1 N–H and O–H groups in total. The van der Waals surface area contributed by atoms with E-state index in [1.807, 2.05) is 0 Å². The molecule has 2 nitrogen and oxygen atoms in total. The van der Waals surface area contributed by atoms with Gasteiger partial charge in [-0.1, -0.05) is 53.7 Å². The van der Waals surface area contributed by atoms with Gasteiger partial charge >= 0.3 is 0 Å². The number of ether oxygens (including phenoxy) is 1. The highest BCUT2D eigenvalue weighted by molar-refractivity contribution is 9.10. The Hall–Kier alpha value is -0.380. The van der Waals surface area contributed by atoms with Crippen LogP contribution >= 0.6 is 15.9 Å². The molecule has 1 aromatic rings. The van der Waals surface area contributed by atoms with Gasteiger partial charge in [-0.05, 0) is 30.5 Å². The number of rotatable bonds is 6. The third-order valence-electron chi connectivity index (χ3n) is 4.44. The van der Waals surface area contributed by atoms with Gasteiger partial charge < -0.3 is 10.1 Å². The van der Waals surface area contributed by atoms with Crippen molar-refractivity contribution in [3.05, 3.63) is 34.3 Å². The molecule has 0 aromatic heterocycles. The van der Waals surface area contributed by atoms with Crippen LogP contribution in [0.4, 0.5) is 0 Å². The van der Waals surface area contributed by atoms with Crippen molar-refractivity contribution in [3.63, 3.8) is 0 Å². The zero-order valence-corrected chi connectivity index (χ0v) is 14.0. The zero-order chi connectivity index (χ0) is 14.3. The van der Waals surface area contributed by atoms with Gasteiger partial charge in [0.2, 0.25) is 0 Å². The van der Waals surface area contributed by atoms with E-state index in [1.54, 1.807) is 7.11 Å². The molecule has 1 fully saturated rings. The van der Waals surface area contributed by atoms with Crippen molar-refractivity contribution in [1.29, 1.82) is 0 Å².